The summed E-state index contributed by atoms with van der Waals surface area (Å²) in [6.45, 7) is 7.05. The van der Waals surface area contributed by atoms with Gasteiger partial charge in [0, 0.05) is 32.7 Å². The molecule has 1 spiro atoms. The van der Waals surface area contributed by atoms with Crippen LogP contribution in [-0.4, -0.2) is 65.0 Å². The summed E-state index contributed by atoms with van der Waals surface area (Å²) in [7, 11) is 0. The molecule has 164 valence electrons. The van der Waals surface area contributed by atoms with Crippen molar-refractivity contribution in [3.63, 3.8) is 0 Å². The van der Waals surface area contributed by atoms with E-state index in [9.17, 15) is 9.59 Å². The minimum atomic E-state index is -0.661. The van der Waals surface area contributed by atoms with E-state index in [-0.39, 0.29) is 17.9 Å². The predicted molar refractivity (Wildman–Crippen MR) is 121 cm³/mol. The lowest BCUT2D eigenvalue weighted by molar-refractivity contribution is -0.136. The number of nitrogens with one attached hydrogen (secondary N) is 1. The summed E-state index contributed by atoms with van der Waals surface area (Å²) in [4.78, 5) is 32.0. The van der Waals surface area contributed by atoms with Crippen molar-refractivity contribution >= 4 is 22.7 Å². The van der Waals surface area contributed by atoms with Gasteiger partial charge < -0.3 is 5.32 Å². The highest BCUT2D eigenvalue weighted by Gasteiger charge is 2.55. The summed E-state index contributed by atoms with van der Waals surface area (Å²) in [6.07, 6.45) is 3.93. The molecule has 3 fully saturated rings. The monoisotopic (exact) mass is 420 g/mol. The van der Waals surface area contributed by atoms with Gasteiger partial charge in [0.25, 0.3) is 5.91 Å². The van der Waals surface area contributed by atoms with Crippen LogP contribution in [0.1, 0.15) is 38.2 Å². The van der Waals surface area contributed by atoms with Crippen LogP contribution in [0.4, 0.5) is 4.79 Å². The van der Waals surface area contributed by atoms with Crippen molar-refractivity contribution in [3.8, 4) is 0 Å². The number of imide groups is 1. The minimum absolute atomic E-state index is 0.0112. The van der Waals surface area contributed by atoms with Crippen molar-refractivity contribution in [2.75, 3.05) is 32.8 Å². The van der Waals surface area contributed by atoms with E-state index in [1.54, 1.807) is 0 Å². The van der Waals surface area contributed by atoms with Crippen molar-refractivity contribution < 1.29 is 9.59 Å². The summed E-state index contributed by atoms with van der Waals surface area (Å²) in [5.74, 6) is 0.197. The van der Waals surface area contributed by atoms with Crippen LogP contribution in [0.15, 0.2) is 42.5 Å². The van der Waals surface area contributed by atoms with E-state index in [2.05, 4.69) is 64.5 Å². The maximum Gasteiger partial charge on any atom is 0.326 e. The second kappa shape index (κ2) is 8.24. The van der Waals surface area contributed by atoms with E-state index in [0.717, 1.165) is 58.4 Å². The second-order valence-electron chi connectivity index (χ2n) is 9.46. The Labute approximate surface area is 184 Å². The Balaban J connectivity index is 1.19. The molecule has 0 radical (unpaired) electrons. The molecule has 3 amide bonds. The highest BCUT2D eigenvalue weighted by atomic mass is 16.2. The molecule has 6 nitrogen and oxygen atoms in total. The van der Waals surface area contributed by atoms with Crippen molar-refractivity contribution in [3.05, 3.63) is 48.0 Å². The first kappa shape index (κ1) is 20.5. The van der Waals surface area contributed by atoms with Crippen molar-refractivity contribution in [1.82, 2.24) is 20.0 Å². The summed E-state index contributed by atoms with van der Waals surface area (Å²) >= 11 is 0. The van der Waals surface area contributed by atoms with Crippen LogP contribution in [-0.2, 0) is 11.3 Å². The molecule has 2 saturated heterocycles. The van der Waals surface area contributed by atoms with Crippen molar-refractivity contribution in [1.29, 1.82) is 0 Å². The average Bonchev–Trinajstić information content (AvgIpc) is 3.02. The Kier molecular flexibility index (Phi) is 5.44. The normalized spacial score (nSPS) is 27.9. The summed E-state index contributed by atoms with van der Waals surface area (Å²) in [5.41, 5.74) is 0.694. The van der Waals surface area contributed by atoms with Crippen LogP contribution in [0.5, 0.6) is 0 Å². The molecular formula is C25H32N4O2. The smallest absolute Gasteiger partial charge is 0.323 e. The Hall–Kier alpha value is -2.44. The van der Waals surface area contributed by atoms with Gasteiger partial charge in [-0.15, -0.1) is 0 Å². The molecule has 1 saturated carbocycles. The third-order valence-corrected chi connectivity index (χ3v) is 7.58. The molecule has 5 rings (SSSR count). The third kappa shape index (κ3) is 3.72. The molecule has 6 heteroatoms. The van der Waals surface area contributed by atoms with E-state index < -0.39 is 5.54 Å². The van der Waals surface area contributed by atoms with Gasteiger partial charge in [0.2, 0.25) is 0 Å². The SMILES string of the molecule is C[C@H]1CCCC[C@]12NC(=O)N(CN1CCN(Cc3cccc4ccccc34)CC1)C2=O. The summed E-state index contributed by atoms with van der Waals surface area (Å²) in [5, 5.41) is 5.67. The number of amides is 3. The van der Waals surface area contributed by atoms with E-state index in [1.807, 2.05) is 0 Å². The molecule has 1 N–H and O–H groups in total. The van der Waals surface area contributed by atoms with E-state index >= 15 is 0 Å². The van der Waals surface area contributed by atoms with Crippen LogP contribution in [0.25, 0.3) is 10.8 Å². The molecule has 2 aliphatic heterocycles. The number of carbonyl (C=O) groups excluding carboxylic acids is 2. The fourth-order valence-electron chi connectivity index (χ4n) is 5.58. The maximum atomic E-state index is 13.2. The molecule has 2 atom stereocenters. The fraction of sp³-hybridized carbons (Fsp3) is 0.520. The van der Waals surface area contributed by atoms with Gasteiger partial charge in [0.05, 0.1) is 6.67 Å². The van der Waals surface area contributed by atoms with Crippen LogP contribution < -0.4 is 5.32 Å². The summed E-state index contributed by atoms with van der Waals surface area (Å²) in [6, 6.07) is 14.8. The molecule has 2 aromatic rings. The Morgan fingerprint density at radius 1 is 0.968 bits per heavy atom. The Morgan fingerprint density at radius 2 is 1.71 bits per heavy atom. The zero-order valence-electron chi connectivity index (χ0n) is 18.3. The largest absolute Gasteiger partial charge is 0.326 e. The van der Waals surface area contributed by atoms with Crippen LogP contribution in [0.2, 0.25) is 0 Å². The average molecular weight is 421 g/mol. The number of fused-ring (bicyclic) bond motifs is 1. The molecule has 0 aromatic heterocycles. The zero-order chi connectivity index (χ0) is 21.4. The van der Waals surface area contributed by atoms with Gasteiger partial charge in [-0.2, -0.15) is 0 Å². The van der Waals surface area contributed by atoms with Gasteiger partial charge in [0.15, 0.2) is 0 Å². The molecule has 0 unspecified atom stereocenters. The number of nitrogens with zero attached hydrogens (tertiary/aromatic N) is 3. The minimum Gasteiger partial charge on any atom is -0.323 e. The predicted octanol–water partition coefficient (Wildman–Crippen LogP) is 3.42. The van der Waals surface area contributed by atoms with Crippen LogP contribution >= 0.6 is 0 Å². The van der Waals surface area contributed by atoms with Gasteiger partial charge in [0.1, 0.15) is 5.54 Å². The van der Waals surface area contributed by atoms with Crippen LogP contribution in [0.3, 0.4) is 0 Å². The first-order valence-electron chi connectivity index (χ1n) is 11.6. The van der Waals surface area contributed by atoms with Gasteiger partial charge >= 0.3 is 6.03 Å². The molecule has 31 heavy (non-hydrogen) atoms. The van der Waals surface area contributed by atoms with Gasteiger partial charge in [-0.3, -0.25) is 14.6 Å². The number of hydrogen-bond acceptors (Lipinski definition) is 4. The highest BCUT2D eigenvalue weighted by Crippen LogP contribution is 2.38. The van der Waals surface area contributed by atoms with E-state index in [0.29, 0.717) is 6.67 Å². The van der Waals surface area contributed by atoms with Crippen LogP contribution in [0, 0.1) is 5.92 Å². The molecule has 2 aromatic carbocycles. The van der Waals surface area contributed by atoms with E-state index in [1.165, 1.54) is 21.2 Å². The Morgan fingerprint density at radius 3 is 2.52 bits per heavy atom. The second-order valence-corrected chi connectivity index (χ2v) is 9.46. The molecule has 1 aliphatic carbocycles. The van der Waals surface area contributed by atoms with Gasteiger partial charge in [-0.1, -0.05) is 62.2 Å². The topological polar surface area (TPSA) is 55.9 Å². The number of piperazine rings is 1. The number of urea groups is 1. The maximum absolute atomic E-state index is 13.2. The molecule has 3 aliphatic rings. The van der Waals surface area contributed by atoms with Crippen molar-refractivity contribution in [2.24, 2.45) is 5.92 Å². The first-order valence-corrected chi connectivity index (χ1v) is 11.6. The van der Waals surface area contributed by atoms with E-state index in [4.69, 9.17) is 0 Å². The molecule has 2 heterocycles. The lowest BCUT2D eigenvalue weighted by Gasteiger charge is -2.38. The standard InChI is InChI=1S/C25H32N4O2/c1-19-7-4-5-12-25(19)23(30)29(24(31)26-25)18-28-15-13-27(14-16-28)17-21-10-6-9-20-8-2-3-11-22(20)21/h2-3,6,8-11,19H,4-5,7,12-18H2,1H3,(H,26,31)/t19-,25-/m0/s1. The lowest BCUT2D eigenvalue weighted by Crippen LogP contribution is -2.55. The quantitative estimate of drug-likeness (QED) is 0.770. The Bertz CT molecular complexity index is 979. The number of carbonyl (C=O) groups is 2. The number of rotatable bonds is 4. The number of hydrogen-bond donors (Lipinski definition) is 1. The highest BCUT2D eigenvalue weighted by molar-refractivity contribution is 6.07. The first-order chi connectivity index (χ1) is 15.1. The number of benzene rings is 2. The summed E-state index contributed by atoms with van der Waals surface area (Å²) < 4.78 is 0. The van der Waals surface area contributed by atoms with Crippen molar-refractivity contribution in [2.45, 2.75) is 44.7 Å². The van der Waals surface area contributed by atoms with Gasteiger partial charge in [-0.05, 0) is 35.1 Å². The third-order valence-electron chi connectivity index (χ3n) is 7.58. The zero-order valence-corrected chi connectivity index (χ0v) is 18.3. The van der Waals surface area contributed by atoms with Gasteiger partial charge in [-0.25, -0.2) is 9.69 Å². The molecular weight excluding hydrogens is 388 g/mol. The fourth-order valence-corrected chi connectivity index (χ4v) is 5.58. The lowest BCUT2D eigenvalue weighted by atomic mass is 9.73. The molecule has 0 bridgehead atoms.